The molecule has 0 aliphatic rings. The van der Waals surface area contributed by atoms with Crippen molar-refractivity contribution in [3.05, 3.63) is 15.3 Å². The van der Waals surface area contributed by atoms with E-state index in [4.69, 9.17) is 15.3 Å². The molecule has 5 nitrogen and oxygen atoms in total. The first-order valence-corrected chi connectivity index (χ1v) is 0.548. The second kappa shape index (κ2) is 8.90. The summed E-state index contributed by atoms with van der Waals surface area (Å²) in [5, 5.41) is 14.8. The van der Waals surface area contributed by atoms with Crippen LogP contribution in [0.4, 0.5) is 0 Å². The molecule has 0 heterocycles. The van der Waals surface area contributed by atoms with Crippen LogP contribution >= 0.6 is 0 Å². The number of hydrogen-bond donors (Lipinski definition) is 1. The van der Waals surface area contributed by atoms with E-state index in [0.717, 1.165) is 0 Å². The summed E-state index contributed by atoms with van der Waals surface area (Å²) in [6, 6.07) is 0. The van der Waals surface area contributed by atoms with Crippen molar-refractivity contribution in [2.24, 2.45) is 0 Å². The standard InChI is InChI=1S/In.NO3.H3N.3H/c;2-1(3)4;;;;/h;;1H3;;;/q;-1;;;;. The van der Waals surface area contributed by atoms with Crippen molar-refractivity contribution in [2.45, 2.75) is 0 Å². The van der Waals surface area contributed by atoms with E-state index in [1.165, 1.54) is 0 Å². The summed E-state index contributed by atoms with van der Waals surface area (Å²) >= 11 is 0. The molecule has 6 heteroatoms. The molecule has 0 fully saturated rings. The minimum atomic E-state index is -1.75. The van der Waals surface area contributed by atoms with Crippen LogP contribution in [0, 0.1) is 15.3 Å². The molecule has 0 rings (SSSR count). The van der Waals surface area contributed by atoms with Crippen molar-refractivity contribution in [3.63, 3.8) is 0 Å². The Morgan fingerprint density at radius 1 is 1.33 bits per heavy atom. The number of rotatable bonds is 0. The summed E-state index contributed by atoms with van der Waals surface area (Å²) < 4.78 is 0. The second-order valence-corrected chi connectivity index (χ2v) is 0.224. The van der Waals surface area contributed by atoms with Crippen LogP contribution in [0.3, 0.4) is 0 Å². The zero-order chi connectivity index (χ0) is 3.58. The van der Waals surface area contributed by atoms with Crippen LogP contribution in [0.1, 0.15) is 0 Å². The van der Waals surface area contributed by atoms with Crippen molar-refractivity contribution in [2.75, 3.05) is 0 Å². The van der Waals surface area contributed by atoms with E-state index in [1.54, 1.807) is 0 Å². The van der Waals surface area contributed by atoms with Gasteiger partial charge >= 0.3 is 25.8 Å². The molecule has 0 unspecified atom stereocenters. The third-order valence-corrected chi connectivity index (χ3v) is 0. The third-order valence-electron chi connectivity index (χ3n) is 0. The van der Waals surface area contributed by atoms with Gasteiger partial charge in [-0.15, -0.1) is 0 Å². The molecule has 0 radical (unpaired) electrons. The average molecular weight is 197 g/mol. The van der Waals surface area contributed by atoms with Crippen LogP contribution in [-0.4, -0.2) is 30.9 Å². The topological polar surface area (TPSA) is 101 Å². The molecule has 0 saturated carbocycles. The van der Waals surface area contributed by atoms with Gasteiger partial charge in [-0.05, 0) is 0 Å². The Labute approximate surface area is 52.8 Å². The fourth-order valence-corrected chi connectivity index (χ4v) is 0. The zero-order valence-corrected chi connectivity index (χ0v) is 2.38. The van der Waals surface area contributed by atoms with Crippen LogP contribution in [0.15, 0.2) is 0 Å². The predicted octanol–water partition coefficient (Wildman–Crippen LogP) is -1.26. The average Bonchev–Trinajstić information content (AvgIpc) is 0.811. The van der Waals surface area contributed by atoms with Crippen molar-refractivity contribution < 1.29 is 5.09 Å². The van der Waals surface area contributed by atoms with Crippen LogP contribution in [0.25, 0.3) is 0 Å². The van der Waals surface area contributed by atoms with Crippen LogP contribution in [0.2, 0.25) is 0 Å². The van der Waals surface area contributed by atoms with E-state index >= 15 is 0 Å². The molecule has 0 atom stereocenters. The van der Waals surface area contributed by atoms with Gasteiger partial charge in [-0.25, -0.2) is 0 Å². The van der Waals surface area contributed by atoms with Crippen LogP contribution < -0.4 is 6.15 Å². The van der Waals surface area contributed by atoms with Crippen molar-refractivity contribution in [3.8, 4) is 0 Å². The van der Waals surface area contributed by atoms with Gasteiger partial charge in [-0.1, -0.05) is 0 Å². The first-order chi connectivity index (χ1) is 1.73. The summed E-state index contributed by atoms with van der Waals surface area (Å²) in [7, 11) is 0. The molecule has 0 aromatic carbocycles. The molecule has 0 bridgehead atoms. The van der Waals surface area contributed by atoms with E-state index in [9.17, 15) is 0 Å². The van der Waals surface area contributed by atoms with Crippen molar-refractivity contribution in [1.82, 2.24) is 6.15 Å². The summed E-state index contributed by atoms with van der Waals surface area (Å²) in [5.41, 5.74) is 0. The number of hydrogen-bond acceptors (Lipinski definition) is 4. The number of nitrogens with zero attached hydrogens (tertiary/aromatic N) is 1. The Balaban J connectivity index is -0.0000000450. The Kier molecular flexibility index (Phi) is 24.6. The van der Waals surface area contributed by atoms with Gasteiger partial charge < -0.3 is 21.5 Å². The maximum absolute atomic E-state index is 8.25. The molecule has 0 amide bonds. The van der Waals surface area contributed by atoms with Gasteiger partial charge in [0.25, 0.3) is 0 Å². The Morgan fingerprint density at radius 2 is 1.33 bits per heavy atom. The quantitative estimate of drug-likeness (QED) is 0.386. The molecule has 3 N–H and O–H groups in total. The summed E-state index contributed by atoms with van der Waals surface area (Å²) in [6.45, 7) is 0. The molecule has 0 saturated heterocycles. The Morgan fingerprint density at radius 3 is 1.33 bits per heavy atom. The summed E-state index contributed by atoms with van der Waals surface area (Å²) in [5.74, 6) is 0. The van der Waals surface area contributed by atoms with Crippen LogP contribution in [-0.2, 0) is 0 Å². The molecule has 0 spiro atoms. The minimum absolute atomic E-state index is 0. The molecule has 0 aliphatic heterocycles. The molecule has 38 valence electrons. The van der Waals surface area contributed by atoms with Gasteiger partial charge in [0, 0.05) is 0 Å². The van der Waals surface area contributed by atoms with Gasteiger partial charge in [0.15, 0.2) is 0 Å². The fourth-order valence-electron chi connectivity index (χ4n) is 0. The predicted molar refractivity (Wildman–Crippen MR) is 25.3 cm³/mol. The van der Waals surface area contributed by atoms with Gasteiger partial charge in [0.1, 0.15) is 0 Å². The first kappa shape index (κ1) is 16.6. The van der Waals surface area contributed by atoms with Crippen LogP contribution in [0.5, 0.6) is 0 Å². The second-order valence-electron chi connectivity index (χ2n) is 0.224. The summed E-state index contributed by atoms with van der Waals surface area (Å²) in [4.78, 5) is 8.25. The SMILES string of the molecule is N.O=[N+]([O-])[O-].[InH3]. The van der Waals surface area contributed by atoms with E-state index in [0.29, 0.717) is 0 Å². The van der Waals surface area contributed by atoms with E-state index < -0.39 is 5.09 Å². The molecule has 6 heavy (non-hydrogen) atoms. The molecular weight excluding hydrogens is 191 g/mol. The molecule has 0 aromatic rings. The van der Waals surface area contributed by atoms with E-state index in [2.05, 4.69) is 0 Å². The van der Waals surface area contributed by atoms with Crippen molar-refractivity contribution in [1.29, 1.82) is 0 Å². The molecule has 0 aliphatic carbocycles. The van der Waals surface area contributed by atoms with E-state index in [-0.39, 0.29) is 32.0 Å². The summed E-state index contributed by atoms with van der Waals surface area (Å²) in [6.07, 6.45) is 0. The zero-order valence-electron chi connectivity index (χ0n) is 2.38. The Bertz CT molecular complexity index is 31.8. The first-order valence-electron chi connectivity index (χ1n) is 0.548. The van der Waals surface area contributed by atoms with Gasteiger partial charge in [0.05, 0.1) is 5.09 Å². The van der Waals surface area contributed by atoms with Gasteiger partial charge in [-0.2, -0.15) is 0 Å². The van der Waals surface area contributed by atoms with Gasteiger partial charge in [0.2, 0.25) is 0 Å². The van der Waals surface area contributed by atoms with Gasteiger partial charge in [-0.3, -0.25) is 0 Å². The normalized spacial score (nSPS) is 4.00. The third kappa shape index (κ3) is 40800. The van der Waals surface area contributed by atoms with Crippen molar-refractivity contribution >= 4 is 25.8 Å². The fraction of sp³-hybridized carbons (Fsp3) is 0. The molecular formula is H6InN2O3-. The molecule has 0 aromatic heterocycles. The maximum atomic E-state index is 8.25. The Hall–Kier alpha value is 0.0301. The van der Waals surface area contributed by atoms with E-state index in [1.807, 2.05) is 0 Å². The monoisotopic (exact) mass is 197 g/mol.